The largest absolute Gasteiger partial charge is 0.473 e. The van der Waals surface area contributed by atoms with Crippen LogP contribution in [0.5, 0.6) is 5.88 Å². The number of nitrogens with zero attached hydrogens (tertiary/aromatic N) is 1. The molecule has 0 fully saturated rings. The molecular formula is C20H17NO3. The van der Waals surface area contributed by atoms with Gasteiger partial charge >= 0.3 is 5.97 Å². The smallest absolute Gasteiger partial charge is 0.338 e. The molecule has 0 saturated heterocycles. The zero-order valence-corrected chi connectivity index (χ0v) is 13.1. The van der Waals surface area contributed by atoms with Gasteiger partial charge in [-0.05, 0) is 17.2 Å². The predicted molar refractivity (Wildman–Crippen MR) is 90.6 cm³/mol. The van der Waals surface area contributed by atoms with Gasteiger partial charge < -0.3 is 9.47 Å². The number of hydrogen-bond donors (Lipinski definition) is 0. The standard InChI is InChI=1S/C20H17NO3/c22-20(24-15-17-9-5-2-6-10-17)18-11-12-21-19(13-18)23-14-16-7-3-1-4-8-16/h1-13H,14-15H2. The Balaban J connectivity index is 1.59. The van der Waals surface area contributed by atoms with Crippen molar-refractivity contribution in [3.8, 4) is 5.88 Å². The van der Waals surface area contributed by atoms with Crippen molar-refractivity contribution in [2.75, 3.05) is 0 Å². The van der Waals surface area contributed by atoms with E-state index in [2.05, 4.69) is 4.98 Å². The third-order valence-electron chi connectivity index (χ3n) is 3.41. The van der Waals surface area contributed by atoms with Crippen LogP contribution in [0.4, 0.5) is 0 Å². The molecule has 0 aliphatic carbocycles. The van der Waals surface area contributed by atoms with Crippen LogP contribution in [0.15, 0.2) is 79.0 Å². The first kappa shape index (κ1) is 15.7. The van der Waals surface area contributed by atoms with E-state index < -0.39 is 5.97 Å². The number of rotatable bonds is 6. The SMILES string of the molecule is O=C(OCc1ccccc1)c1ccnc(OCc2ccccc2)c1. The van der Waals surface area contributed by atoms with Gasteiger partial charge in [-0.1, -0.05) is 60.7 Å². The van der Waals surface area contributed by atoms with E-state index in [0.29, 0.717) is 18.1 Å². The van der Waals surface area contributed by atoms with Gasteiger partial charge in [0.25, 0.3) is 0 Å². The van der Waals surface area contributed by atoms with E-state index in [1.54, 1.807) is 18.3 Å². The first-order valence-electron chi connectivity index (χ1n) is 7.65. The molecule has 0 bridgehead atoms. The molecule has 2 aromatic carbocycles. The van der Waals surface area contributed by atoms with Crippen molar-refractivity contribution in [1.29, 1.82) is 0 Å². The van der Waals surface area contributed by atoms with Crippen molar-refractivity contribution in [2.45, 2.75) is 13.2 Å². The minimum atomic E-state index is -0.397. The fourth-order valence-corrected chi connectivity index (χ4v) is 2.15. The number of pyridine rings is 1. The third kappa shape index (κ3) is 4.43. The van der Waals surface area contributed by atoms with E-state index in [1.165, 1.54) is 0 Å². The van der Waals surface area contributed by atoms with E-state index in [1.807, 2.05) is 60.7 Å². The molecule has 0 spiro atoms. The summed E-state index contributed by atoms with van der Waals surface area (Å²) in [5.41, 5.74) is 2.40. The van der Waals surface area contributed by atoms with E-state index in [-0.39, 0.29) is 6.61 Å². The van der Waals surface area contributed by atoms with Gasteiger partial charge in [-0.2, -0.15) is 0 Å². The van der Waals surface area contributed by atoms with Crippen LogP contribution in [0, 0.1) is 0 Å². The van der Waals surface area contributed by atoms with Crippen LogP contribution >= 0.6 is 0 Å². The van der Waals surface area contributed by atoms with Crippen LogP contribution in [-0.2, 0) is 18.0 Å². The van der Waals surface area contributed by atoms with Crippen molar-refractivity contribution in [3.63, 3.8) is 0 Å². The fraction of sp³-hybridized carbons (Fsp3) is 0.100. The summed E-state index contributed by atoms with van der Waals surface area (Å²) in [4.78, 5) is 16.3. The maximum Gasteiger partial charge on any atom is 0.338 e. The zero-order valence-electron chi connectivity index (χ0n) is 13.1. The second-order valence-corrected chi connectivity index (χ2v) is 5.22. The van der Waals surface area contributed by atoms with E-state index >= 15 is 0 Å². The first-order valence-corrected chi connectivity index (χ1v) is 7.65. The van der Waals surface area contributed by atoms with Gasteiger partial charge in [0, 0.05) is 12.3 Å². The molecule has 3 rings (SSSR count). The zero-order chi connectivity index (χ0) is 16.6. The van der Waals surface area contributed by atoms with Crippen LogP contribution in [0.25, 0.3) is 0 Å². The number of hydrogen-bond acceptors (Lipinski definition) is 4. The minimum absolute atomic E-state index is 0.238. The molecule has 0 saturated carbocycles. The van der Waals surface area contributed by atoms with Crippen molar-refractivity contribution >= 4 is 5.97 Å². The molecule has 0 amide bonds. The van der Waals surface area contributed by atoms with Crippen molar-refractivity contribution in [3.05, 3.63) is 95.7 Å². The minimum Gasteiger partial charge on any atom is -0.473 e. The second kappa shape index (κ2) is 7.92. The fourth-order valence-electron chi connectivity index (χ4n) is 2.15. The van der Waals surface area contributed by atoms with Gasteiger partial charge in [-0.3, -0.25) is 0 Å². The Hall–Kier alpha value is -3.14. The van der Waals surface area contributed by atoms with Crippen LogP contribution in [0.1, 0.15) is 21.5 Å². The quantitative estimate of drug-likeness (QED) is 0.644. The second-order valence-electron chi connectivity index (χ2n) is 5.22. The van der Waals surface area contributed by atoms with Gasteiger partial charge in [-0.15, -0.1) is 0 Å². The molecule has 0 aliphatic rings. The lowest BCUT2D eigenvalue weighted by molar-refractivity contribution is 0.0472. The highest BCUT2D eigenvalue weighted by molar-refractivity contribution is 5.89. The summed E-state index contributed by atoms with van der Waals surface area (Å²) >= 11 is 0. The van der Waals surface area contributed by atoms with Crippen LogP contribution in [-0.4, -0.2) is 11.0 Å². The highest BCUT2D eigenvalue weighted by Gasteiger charge is 2.09. The molecular weight excluding hydrogens is 302 g/mol. The monoisotopic (exact) mass is 319 g/mol. The van der Waals surface area contributed by atoms with Crippen molar-refractivity contribution in [2.24, 2.45) is 0 Å². The molecule has 1 heterocycles. The number of esters is 1. The molecule has 120 valence electrons. The van der Waals surface area contributed by atoms with E-state index in [4.69, 9.17) is 9.47 Å². The topological polar surface area (TPSA) is 48.4 Å². The Morgan fingerprint density at radius 3 is 2.12 bits per heavy atom. The van der Waals surface area contributed by atoms with Crippen LogP contribution in [0.3, 0.4) is 0 Å². The summed E-state index contributed by atoms with van der Waals surface area (Å²) in [5.74, 6) is -0.00108. The van der Waals surface area contributed by atoms with Crippen molar-refractivity contribution < 1.29 is 14.3 Å². The predicted octanol–water partition coefficient (Wildman–Crippen LogP) is 4.02. The number of benzene rings is 2. The van der Waals surface area contributed by atoms with Crippen LogP contribution < -0.4 is 4.74 Å². The lowest BCUT2D eigenvalue weighted by Crippen LogP contribution is -2.06. The van der Waals surface area contributed by atoms with Gasteiger partial charge in [0.15, 0.2) is 0 Å². The molecule has 4 nitrogen and oxygen atoms in total. The Morgan fingerprint density at radius 1 is 0.833 bits per heavy atom. The first-order chi connectivity index (χ1) is 11.8. The maximum atomic E-state index is 12.1. The Bertz CT molecular complexity index is 788. The summed E-state index contributed by atoms with van der Waals surface area (Å²) in [6.45, 7) is 0.637. The Kier molecular flexibility index (Phi) is 5.20. The summed E-state index contributed by atoms with van der Waals surface area (Å²) in [5, 5.41) is 0. The molecule has 4 heteroatoms. The van der Waals surface area contributed by atoms with Crippen molar-refractivity contribution in [1.82, 2.24) is 4.98 Å². The molecule has 0 radical (unpaired) electrons. The molecule has 0 N–H and O–H groups in total. The molecule has 0 atom stereocenters. The highest BCUT2D eigenvalue weighted by Crippen LogP contribution is 2.13. The Morgan fingerprint density at radius 2 is 1.46 bits per heavy atom. The summed E-state index contributed by atoms with van der Waals surface area (Å²) in [7, 11) is 0. The summed E-state index contributed by atoms with van der Waals surface area (Å²) in [6, 6.07) is 22.6. The molecule has 1 aromatic heterocycles. The van der Waals surface area contributed by atoms with E-state index in [9.17, 15) is 4.79 Å². The normalized spacial score (nSPS) is 10.2. The third-order valence-corrected chi connectivity index (χ3v) is 3.41. The van der Waals surface area contributed by atoms with E-state index in [0.717, 1.165) is 11.1 Å². The lowest BCUT2D eigenvalue weighted by atomic mass is 10.2. The molecule has 0 unspecified atom stereocenters. The summed E-state index contributed by atoms with van der Waals surface area (Å²) < 4.78 is 10.9. The molecule has 3 aromatic rings. The number of carbonyl (C=O) groups is 1. The number of aromatic nitrogens is 1. The van der Waals surface area contributed by atoms with Gasteiger partial charge in [-0.25, -0.2) is 9.78 Å². The number of carbonyl (C=O) groups excluding carboxylic acids is 1. The van der Waals surface area contributed by atoms with Gasteiger partial charge in [0.05, 0.1) is 5.56 Å². The average molecular weight is 319 g/mol. The lowest BCUT2D eigenvalue weighted by Gasteiger charge is -2.08. The van der Waals surface area contributed by atoms with Gasteiger partial charge in [0.1, 0.15) is 13.2 Å². The molecule has 0 aliphatic heterocycles. The molecule has 24 heavy (non-hydrogen) atoms. The number of ether oxygens (including phenoxy) is 2. The van der Waals surface area contributed by atoms with Crippen LogP contribution in [0.2, 0.25) is 0 Å². The Labute approximate surface area is 140 Å². The highest BCUT2D eigenvalue weighted by atomic mass is 16.5. The average Bonchev–Trinajstić information content (AvgIpc) is 2.66. The van der Waals surface area contributed by atoms with Gasteiger partial charge in [0.2, 0.25) is 5.88 Å². The maximum absolute atomic E-state index is 12.1. The summed E-state index contributed by atoms with van der Waals surface area (Å²) in [6.07, 6.45) is 1.54.